The number of sulfone groups is 1. The fourth-order valence-corrected chi connectivity index (χ4v) is 5.26. The van der Waals surface area contributed by atoms with E-state index in [9.17, 15) is 8.42 Å². The lowest BCUT2D eigenvalue weighted by atomic mass is 9.67. The molecule has 2 atom stereocenters. The molecule has 0 spiro atoms. The summed E-state index contributed by atoms with van der Waals surface area (Å²) < 4.78 is 23.1. The van der Waals surface area contributed by atoms with Crippen molar-refractivity contribution in [3.8, 4) is 0 Å². The summed E-state index contributed by atoms with van der Waals surface area (Å²) in [4.78, 5) is 2.37. The number of rotatable bonds is 5. The van der Waals surface area contributed by atoms with Gasteiger partial charge in [-0.1, -0.05) is 27.2 Å². The normalized spacial score (nSPS) is 32.9. The van der Waals surface area contributed by atoms with Gasteiger partial charge in [0.15, 0.2) is 9.84 Å². The molecule has 21 heavy (non-hydrogen) atoms. The summed E-state index contributed by atoms with van der Waals surface area (Å²) in [6.45, 7) is 10.6. The van der Waals surface area contributed by atoms with E-state index < -0.39 is 9.84 Å². The molecule has 2 rings (SSSR count). The van der Waals surface area contributed by atoms with Gasteiger partial charge in [-0.2, -0.15) is 0 Å². The number of hydrogen-bond donors (Lipinski definition) is 1. The Morgan fingerprint density at radius 3 is 2.52 bits per heavy atom. The van der Waals surface area contributed by atoms with Gasteiger partial charge in [-0.3, -0.25) is 0 Å². The first-order valence-electron chi connectivity index (χ1n) is 8.50. The van der Waals surface area contributed by atoms with Crippen LogP contribution in [0.1, 0.15) is 46.5 Å². The summed E-state index contributed by atoms with van der Waals surface area (Å²) in [5, 5.41) is 3.77. The van der Waals surface area contributed by atoms with Gasteiger partial charge < -0.3 is 10.2 Å². The van der Waals surface area contributed by atoms with Gasteiger partial charge in [0.1, 0.15) is 0 Å². The highest BCUT2D eigenvalue weighted by atomic mass is 32.2. The van der Waals surface area contributed by atoms with Crippen LogP contribution in [0.5, 0.6) is 0 Å². The van der Waals surface area contributed by atoms with Crippen molar-refractivity contribution in [2.45, 2.75) is 52.5 Å². The van der Waals surface area contributed by atoms with Gasteiger partial charge in [0.05, 0.1) is 11.5 Å². The summed E-state index contributed by atoms with van der Waals surface area (Å²) in [6.07, 6.45) is 5.03. The zero-order chi connectivity index (χ0) is 15.5. The molecule has 1 aliphatic carbocycles. The third-order valence-electron chi connectivity index (χ3n) is 5.25. The molecular formula is C16H32N2O2S. The Balaban J connectivity index is 1.96. The quantitative estimate of drug-likeness (QED) is 0.842. The molecule has 0 radical (unpaired) electrons. The van der Waals surface area contributed by atoms with Gasteiger partial charge in [-0.15, -0.1) is 0 Å². The molecule has 2 aliphatic rings. The van der Waals surface area contributed by atoms with Crippen LogP contribution < -0.4 is 5.32 Å². The smallest absolute Gasteiger partial charge is 0.152 e. The highest BCUT2D eigenvalue weighted by Gasteiger charge is 2.39. The van der Waals surface area contributed by atoms with E-state index >= 15 is 0 Å². The highest BCUT2D eigenvalue weighted by Crippen LogP contribution is 2.39. The van der Waals surface area contributed by atoms with Crippen LogP contribution in [0.2, 0.25) is 0 Å². The molecule has 124 valence electrons. The van der Waals surface area contributed by atoms with Crippen molar-refractivity contribution >= 4 is 9.84 Å². The Morgan fingerprint density at radius 2 is 1.90 bits per heavy atom. The predicted molar refractivity (Wildman–Crippen MR) is 88.3 cm³/mol. The average Bonchev–Trinajstić information content (AvgIpc) is 2.40. The number of hydrogen-bond acceptors (Lipinski definition) is 4. The molecule has 2 fully saturated rings. The van der Waals surface area contributed by atoms with Crippen molar-refractivity contribution < 1.29 is 8.42 Å². The zero-order valence-corrected chi connectivity index (χ0v) is 14.7. The van der Waals surface area contributed by atoms with Gasteiger partial charge in [0.2, 0.25) is 0 Å². The summed E-state index contributed by atoms with van der Waals surface area (Å²) in [6, 6.07) is 0.560. The zero-order valence-electron chi connectivity index (χ0n) is 13.9. The van der Waals surface area contributed by atoms with Crippen LogP contribution >= 0.6 is 0 Å². The lowest BCUT2D eigenvalue weighted by molar-refractivity contribution is 0.0810. The van der Waals surface area contributed by atoms with Gasteiger partial charge in [0.25, 0.3) is 0 Å². The van der Waals surface area contributed by atoms with Gasteiger partial charge in [-0.05, 0) is 37.1 Å². The van der Waals surface area contributed by atoms with Crippen LogP contribution in [0, 0.1) is 11.3 Å². The van der Waals surface area contributed by atoms with E-state index in [1.54, 1.807) is 0 Å². The molecule has 1 saturated heterocycles. The molecule has 1 saturated carbocycles. The van der Waals surface area contributed by atoms with Gasteiger partial charge >= 0.3 is 0 Å². The van der Waals surface area contributed by atoms with Crippen molar-refractivity contribution in [2.24, 2.45) is 11.3 Å². The van der Waals surface area contributed by atoms with Crippen LogP contribution in [0.4, 0.5) is 0 Å². The largest absolute Gasteiger partial charge is 0.313 e. The number of nitrogens with one attached hydrogen (secondary N) is 1. The molecule has 1 aliphatic heterocycles. The maximum atomic E-state index is 11.6. The van der Waals surface area contributed by atoms with Crippen LogP contribution in [-0.2, 0) is 9.84 Å². The molecule has 0 aromatic rings. The fraction of sp³-hybridized carbons (Fsp3) is 1.00. The highest BCUT2D eigenvalue weighted by molar-refractivity contribution is 7.91. The second kappa shape index (κ2) is 6.97. The Hall–Kier alpha value is -0.130. The van der Waals surface area contributed by atoms with Crippen molar-refractivity contribution in [2.75, 3.05) is 37.7 Å². The Labute approximate surface area is 130 Å². The molecule has 4 nitrogen and oxygen atoms in total. The molecule has 0 aromatic carbocycles. The van der Waals surface area contributed by atoms with Crippen LogP contribution in [0.3, 0.4) is 0 Å². The minimum atomic E-state index is -2.76. The Kier molecular flexibility index (Phi) is 5.71. The first kappa shape index (κ1) is 17.2. The number of nitrogens with zero attached hydrogens (tertiary/aromatic N) is 1. The first-order chi connectivity index (χ1) is 9.84. The van der Waals surface area contributed by atoms with Crippen LogP contribution in [-0.4, -0.2) is 57.0 Å². The fourth-order valence-electron chi connectivity index (χ4n) is 3.98. The summed E-state index contributed by atoms with van der Waals surface area (Å²) in [7, 11) is -2.76. The van der Waals surface area contributed by atoms with E-state index in [1.165, 1.54) is 25.7 Å². The summed E-state index contributed by atoms with van der Waals surface area (Å²) in [5.41, 5.74) is 0.347. The minimum Gasteiger partial charge on any atom is -0.313 e. The van der Waals surface area contributed by atoms with E-state index in [2.05, 4.69) is 31.0 Å². The molecular weight excluding hydrogens is 284 g/mol. The van der Waals surface area contributed by atoms with Crippen molar-refractivity contribution in [3.05, 3.63) is 0 Å². The first-order valence-corrected chi connectivity index (χ1v) is 10.3. The Morgan fingerprint density at radius 1 is 1.24 bits per heavy atom. The molecule has 0 amide bonds. The van der Waals surface area contributed by atoms with Gasteiger partial charge in [-0.25, -0.2) is 8.42 Å². The summed E-state index contributed by atoms with van der Waals surface area (Å²) in [5.74, 6) is 1.34. The third kappa shape index (κ3) is 4.67. The minimum absolute atomic E-state index is 0.343. The average molecular weight is 317 g/mol. The lowest BCUT2D eigenvalue weighted by Gasteiger charge is -2.46. The standard InChI is InChI=1S/C16H32N2O2S/c1-4-8-17-15-14(6-5-7-16(15,2)3)13-18-9-11-21(19,20)12-10-18/h14-15,17H,4-13H2,1-3H3. The molecule has 1 heterocycles. The van der Waals surface area contributed by atoms with Gasteiger partial charge in [0, 0.05) is 25.7 Å². The SMILES string of the molecule is CCCNC1C(CN2CCS(=O)(=O)CC2)CCCC1(C)C. The lowest BCUT2D eigenvalue weighted by Crippen LogP contribution is -2.54. The third-order valence-corrected chi connectivity index (χ3v) is 6.86. The molecule has 2 unspecified atom stereocenters. The second-order valence-electron chi connectivity index (χ2n) is 7.53. The maximum Gasteiger partial charge on any atom is 0.152 e. The maximum absolute atomic E-state index is 11.6. The topological polar surface area (TPSA) is 49.4 Å². The molecule has 1 N–H and O–H groups in total. The van der Waals surface area contributed by atoms with E-state index in [-0.39, 0.29) is 0 Å². The van der Waals surface area contributed by atoms with Crippen molar-refractivity contribution in [1.82, 2.24) is 10.2 Å². The molecule has 5 heteroatoms. The monoisotopic (exact) mass is 316 g/mol. The molecule has 0 aromatic heterocycles. The van der Waals surface area contributed by atoms with E-state index in [0.29, 0.717) is 28.9 Å². The van der Waals surface area contributed by atoms with Crippen LogP contribution in [0.25, 0.3) is 0 Å². The van der Waals surface area contributed by atoms with E-state index in [0.717, 1.165) is 26.2 Å². The van der Waals surface area contributed by atoms with E-state index in [1.807, 2.05) is 0 Å². The van der Waals surface area contributed by atoms with Crippen LogP contribution in [0.15, 0.2) is 0 Å². The predicted octanol–water partition coefficient (Wildman–Crippen LogP) is 1.91. The van der Waals surface area contributed by atoms with E-state index in [4.69, 9.17) is 0 Å². The van der Waals surface area contributed by atoms with Crippen molar-refractivity contribution in [3.63, 3.8) is 0 Å². The summed E-state index contributed by atoms with van der Waals surface area (Å²) >= 11 is 0. The van der Waals surface area contributed by atoms with Crippen molar-refractivity contribution in [1.29, 1.82) is 0 Å². The second-order valence-corrected chi connectivity index (χ2v) is 9.83. The molecule has 0 bridgehead atoms. The Bertz CT molecular complexity index is 420.